The second-order valence-electron chi connectivity index (χ2n) is 9.36. The van der Waals surface area contributed by atoms with E-state index in [9.17, 15) is 0 Å². The standard InChI is InChI=1S/C30H42O4/c1-9-19(5)31-25-17-13-15-23-27(25)29(33-21(7)11-3)24-16-14-18-26(32-20(6)10-2)28(24)30(23)34-22(8)12-4/h13-22H,9-12H2,1-8H3. The molecule has 3 aromatic rings. The van der Waals surface area contributed by atoms with Gasteiger partial charge in [-0.15, -0.1) is 0 Å². The molecule has 0 aliphatic rings. The number of hydrogen-bond donors (Lipinski definition) is 0. The van der Waals surface area contributed by atoms with E-state index in [0.717, 1.165) is 70.2 Å². The van der Waals surface area contributed by atoms with Crippen molar-refractivity contribution in [2.24, 2.45) is 0 Å². The van der Waals surface area contributed by atoms with Gasteiger partial charge in [0, 0.05) is 10.8 Å². The molecule has 4 unspecified atom stereocenters. The first-order valence-corrected chi connectivity index (χ1v) is 13.0. The molecule has 3 rings (SSSR count). The number of fused-ring (bicyclic) bond motifs is 2. The molecule has 4 atom stereocenters. The van der Waals surface area contributed by atoms with E-state index in [2.05, 4.69) is 67.5 Å². The van der Waals surface area contributed by atoms with Crippen LogP contribution in [0.4, 0.5) is 0 Å². The first-order valence-electron chi connectivity index (χ1n) is 13.0. The molecule has 186 valence electrons. The molecule has 0 radical (unpaired) electrons. The van der Waals surface area contributed by atoms with Crippen molar-refractivity contribution < 1.29 is 18.9 Å². The predicted octanol–water partition coefficient (Wildman–Crippen LogP) is 8.70. The van der Waals surface area contributed by atoms with Gasteiger partial charge < -0.3 is 18.9 Å². The minimum atomic E-state index is 0.0588. The summed E-state index contributed by atoms with van der Waals surface area (Å²) < 4.78 is 26.1. The molecule has 0 spiro atoms. The second-order valence-corrected chi connectivity index (χ2v) is 9.36. The van der Waals surface area contributed by atoms with Crippen LogP contribution in [-0.2, 0) is 0 Å². The Bertz CT molecular complexity index is 1000. The van der Waals surface area contributed by atoms with Crippen molar-refractivity contribution in [2.75, 3.05) is 0 Å². The van der Waals surface area contributed by atoms with E-state index in [1.807, 2.05) is 24.3 Å². The largest absolute Gasteiger partial charge is 0.490 e. The first kappa shape index (κ1) is 26.0. The third kappa shape index (κ3) is 5.54. The molecule has 4 heteroatoms. The van der Waals surface area contributed by atoms with Crippen molar-refractivity contribution in [3.63, 3.8) is 0 Å². The number of benzene rings is 3. The van der Waals surface area contributed by atoms with E-state index in [4.69, 9.17) is 18.9 Å². The zero-order valence-corrected chi connectivity index (χ0v) is 22.2. The minimum absolute atomic E-state index is 0.0588. The monoisotopic (exact) mass is 466 g/mol. The zero-order valence-electron chi connectivity index (χ0n) is 22.2. The van der Waals surface area contributed by atoms with Gasteiger partial charge in [0.05, 0.1) is 35.2 Å². The van der Waals surface area contributed by atoms with Crippen LogP contribution in [-0.4, -0.2) is 24.4 Å². The molecule has 0 aliphatic heterocycles. The maximum atomic E-state index is 6.63. The topological polar surface area (TPSA) is 36.9 Å². The highest BCUT2D eigenvalue weighted by atomic mass is 16.5. The Hall–Kier alpha value is -2.62. The first-order chi connectivity index (χ1) is 16.3. The molecule has 0 amide bonds. The van der Waals surface area contributed by atoms with Crippen molar-refractivity contribution in [2.45, 2.75) is 105 Å². The van der Waals surface area contributed by atoms with E-state index >= 15 is 0 Å². The van der Waals surface area contributed by atoms with Gasteiger partial charge in [-0.25, -0.2) is 0 Å². The smallest absolute Gasteiger partial charge is 0.139 e. The van der Waals surface area contributed by atoms with Crippen LogP contribution < -0.4 is 18.9 Å². The van der Waals surface area contributed by atoms with Gasteiger partial charge in [-0.05, 0) is 65.5 Å². The van der Waals surface area contributed by atoms with E-state index in [1.165, 1.54) is 0 Å². The molecule has 0 fully saturated rings. The summed E-state index contributed by atoms with van der Waals surface area (Å²) in [5, 5.41) is 3.92. The van der Waals surface area contributed by atoms with Crippen molar-refractivity contribution in [1.82, 2.24) is 0 Å². The van der Waals surface area contributed by atoms with Gasteiger partial charge in [-0.2, -0.15) is 0 Å². The molecule has 0 N–H and O–H groups in total. The maximum Gasteiger partial charge on any atom is 0.139 e. The molecule has 0 bridgehead atoms. The molecule has 34 heavy (non-hydrogen) atoms. The molecular formula is C30H42O4. The fraction of sp³-hybridized carbons (Fsp3) is 0.533. The summed E-state index contributed by atoms with van der Waals surface area (Å²) in [6.45, 7) is 17.0. The lowest BCUT2D eigenvalue weighted by Gasteiger charge is -2.25. The molecular weight excluding hydrogens is 424 g/mol. The average Bonchev–Trinajstić information content (AvgIpc) is 2.85. The van der Waals surface area contributed by atoms with Gasteiger partial charge in [0.2, 0.25) is 0 Å². The number of hydrogen-bond acceptors (Lipinski definition) is 4. The summed E-state index contributed by atoms with van der Waals surface area (Å²) in [5.41, 5.74) is 0. The SMILES string of the molecule is CCC(C)Oc1cccc2c(OC(C)CC)c3c(OC(C)CC)cccc3c(OC(C)CC)c12. The molecule has 0 aliphatic carbocycles. The second kappa shape index (κ2) is 11.7. The van der Waals surface area contributed by atoms with Crippen LogP contribution in [0.3, 0.4) is 0 Å². The van der Waals surface area contributed by atoms with Crippen molar-refractivity contribution >= 4 is 21.5 Å². The van der Waals surface area contributed by atoms with Gasteiger partial charge in [0.15, 0.2) is 0 Å². The van der Waals surface area contributed by atoms with Gasteiger partial charge in [-0.1, -0.05) is 52.0 Å². The molecule has 0 saturated carbocycles. The average molecular weight is 467 g/mol. The molecule has 0 heterocycles. The summed E-state index contributed by atoms with van der Waals surface area (Å²) in [7, 11) is 0. The summed E-state index contributed by atoms with van der Waals surface area (Å²) in [6, 6.07) is 12.4. The van der Waals surface area contributed by atoms with E-state index < -0.39 is 0 Å². The predicted molar refractivity (Wildman–Crippen MR) is 143 cm³/mol. The summed E-state index contributed by atoms with van der Waals surface area (Å²) in [6.07, 6.45) is 3.97. The van der Waals surface area contributed by atoms with Crippen LogP contribution in [0.5, 0.6) is 23.0 Å². The number of ether oxygens (including phenoxy) is 4. The normalized spacial score (nSPS) is 15.1. The molecule has 3 aromatic carbocycles. The van der Waals surface area contributed by atoms with Gasteiger partial charge in [0.25, 0.3) is 0 Å². The quantitative estimate of drug-likeness (QED) is 0.250. The molecule has 0 saturated heterocycles. The minimum Gasteiger partial charge on any atom is -0.490 e. The van der Waals surface area contributed by atoms with Crippen LogP contribution in [0.2, 0.25) is 0 Å². The van der Waals surface area contributed by atoms with Crippen molar-refractivity contribution in [1.29, 1.82) is 0 Å². The van der Waals surface area contributed by atoms with Gasteiger partial charge in [0.1, 0.15) is 23.0 Å². The lowest BCUT2D eigenvalue weighted by atomic mass is 9.98. The Morgan fingerprint density at radius 2 is 0.824 bits per heavy atom. The third-order valence-electron chi connectivity index (χ3n) is 6.59. The Kier molecular flexibility index (Phi) is 8.93. The Morgan fingerprint density at radius 3 is 1.15 bits per heavy atom. The van der Waals surface area contributed by atoms with Crippen molar-refractivity contribution in [3.8, 4) is 23.0 Å². The summed E-state index contributed by atoms with van der Waals surface area (Å²) in [4.78, 5) is 0. The summed E-state index contributed by atoms with van der Waals surface area (Å²) >= 11 is 0. The van der Waals surface area contributed by atoms with Gasteiger partial charge in [-0.3, -0.25) is 0 Å². The van der Waals surface area contributed by atoms with Crippen LogP contribution in [0.15, 0.2) is 36.4 Å². The highest BCUT2D eigenvalue weighted by Crippen LogP contribution is 2.50. The van der Waals surface area contributed by atoms with Crippen molar-refractivity contribution in [3.05, 3.63) is 36.4 Å². The van der Waals surface area contributed by atoms with Crippen LogP contribution in [0.25, 0.3) is 21.5 Å². The highest BCUT2D eigenvalue weighted by Gasteiger charge is 2.25. The fourth-order valence-electron chi connectivity index (χ4n) is 3.79. The van der Waals surface area contributed by atoms with E-state index in [0.29, 0.717) is 0 Å². The molecule has 0 aromatic heterocycles. The van der Waals surface area contributed by atoms with Crippen LogP contribution in [0, 0.1) is 0 Å². The van der Waals surface area contributed by atoms with E-state index in [-0.39, 0.29) is 24.4 Å². The zero-order chi connectivity index (χ0) is 24.8. The Morgan fingerprint density at radius 1 is 0.500 bits per heavy atom. The van der Waals surface area contributed by atoms with Crippen LogP contribution in [0.1, 0.15) is 81.1 Å². The molecule has 4 nitrogen and oxygen atoms in total. The fourth-order valence-corrected chi connectivity index (χ4v) is 3.79. The highest BCUT2D eigenvalue weighted by molar-refractivity contribution is 6.15. The van der Waals surface area contributed by atoms with Gasteiger partial charge >= 0.3 is 0 Å². The number of rotatable bonds is 12. The lowest BCUT2D eigenvalue weighted by molar-refractivity contribution is 0.208. The Balaban J connectivity index is 2.46. The third-order valence-corrected chi connectivity index (χ3v) is 6.59. The lowest BCUT2D eigenvalue weighted by Crippen LogP contribution is -2.15. The van der Waals surface area contributed by atoms with E-state index in [1.54, 1.807) is 0 Å². The maximum absolute atomic E-state index is 6.63. The van der Waals surface area contributed by atoms with Crippen LogP contribution >= 0.6 is 0 Å². The Labute approximate surface area is 205 Å². The summed E-state index contributed by atoms with van der Waals surface area (Å²) in [5.74, 6) is 3.33.